The predicted molar refractivity (Wildman–Crippen MR) is 77.3 cm³/mol. The molecule has 0 spiro atoms. The van der Waals surface area contributed by atoms with Crippen LogP contribution in [0, 0.1) is 0 Å². The number of nitrogens with zero attached hydrogens (tertiary/aromatic N) is 1. The standard InChI is InChI=1S/C13H20N2OS2/c16-18-7-5-15(6-8-18)10-13-4-3-12(17-13)9-14-11-1-2-11/h3-4,11,14H,1-2,5-10H2. The fraction of sp³-hybridized carbons (Fsp3) is 0.692. The third-order valence-corrected chi connectivity index (χ3v) is 5.86. The van der Waals surface area contributed by atoms with Crippen molar-refractivity contribution in [1.82, 2.24) is 10.2 Å². The monoisotopic (exact) mass is 284 g/mol. The topological polar surface area (TPSA) is 32.3 Å². The van der Waals surface area contributed by atoms with Gasteiger partial charge >= 0.3 is 0 Å². The van der Waals surface area contributed by atoms with Crippen LogP contribution in [0.5, 0.6) is 0 Å². The summed E-state index contributed by atoms with van der Waals surface area (Å²) in [5.41, 5.74) is 0. The normalized spacial score (nSPS) is 22.4. The Morgan fingerprint density at radius 3 is 2.72 bits per heavy atom. The second-order valence-corrected chi connectivity index (χ2v) is 8.10. The van der Waals surface area contributed by atoms with Crippen molar-refractivity contribution < 1.29 is 4.21 Å². The largest absolute Gasteiger partial charge is 0.309 e. The maximum absolute atomic E-state index is 11.3. The number of thiophene rings is 1. The van der Waals surface area contributed by atoms with Crippen LogP contribution >= 0.6 is 11.3 Å². The van der Waals surface area contributed by atoms with Crippen LogP contribution in [0.2, 0.25) is 0 Å². The number of hydrogen-bond acceptors (Lipinski definition) is 4. The molecule has 0 amide bonds. The van der Waals surface area contributed by atoms with Gasteiger partial charge in [0, 0.05) is 64.3 Å². The van der Waals surface area contributed by atoms with Crippen LogP contribution in [0.4, 0.5) is 0 Å². The minimum atomic E-state index is -0.563. The van der Waals surface area contributed by atoms with E-state index in [-0.39, 0.29) is 0 Å². The van der Waals surface area contributed by atoms with E-state index >= 15 is 0 Å². The molecule has 1 saturated carbocycles. The van der Waals surface area contributed by atoms with Crippen LogP contribution < -0.4 is 5.32 Å². The highest BCUT2D eigenvalue weighted by Gasteiger charge is 2.20. The van der Waals surface area contributed by atoms with Crippen molar-refractivity contribution in [1.29, 1.82) is 0 Å². The average molecular weight is 284 g/mol. The Bertz CT molecular complexity index is 418. The SMILES string of the molecule is O=S1CCN(Cc2ccc(CNC3CC3)s2)CC1. The van der Waals surface area contributed by atoms with Gasteiger partial charge < -0.3 is 5.32 Å². The molecule has 1 aliphatic heterocycles. The smallest absolute Gasteiger partial charge is 0.0363 e. The molecule has 1 aromatic heterocycles. The highest BCUT2D eigenvalue weighted by Crippen LogP contribution is 2.22. The molecule has 0 atom stereocenters. The second kappa shape index (κ2) is 5.82. The Kier molecular flexibility index (Phi) is 4.13. The lowest BCUT2D eigenvalue weighted by atomic mass is 10.4. The summed E-state index contributed by atoms with van der Waals surface area (Å²) in [6, 6.07) is 5.28. The minimum absolute atomic E-state index is 0.563. The van der Waals surface area contributed by atoms with Gasteiger partial charge in [0.25, 0.3) is 0 Å². The van der Waals surface area contributed by atoms with Crippen molar-refractivity contribution >= 4 is 22.1 Å². The fourth-order valence-electron chi connectivity index (χ4n) is 2.19. The van der Waals surface area contributed by atoms with Gasteiger partial charge in [-0.1, -0.05) is 0 Å². The number of rotatable bonds is 5. The van der Waals surface area contributed by atoms with Crippen molar-refractivity contribution in [3.63, 3.8) is 0 Å². The number of nitrogens with one attached hydrogen (secondary N) is 1. The third kappa shape index (κ3) is 3.63. The molecule has 0 radical (unpaired) electrons. The fourth-order valence-corrected chi connectivity index (χ4v) is 4.33. The summed E-state index contributed by atoms with van der Waals surface area (Å²) in [7, 11) is -0.563. The zero-order chi connectivity index (χ0) is 12.4. The average Bonchev–Trinajstić information content (AvgIpc) is 3.10. The Morgan fingerprint density at radius 1 is 1.28 bits per heavy atom. The highest BCUT2D eigenvalue weighted by molar-refractivity contribution is 7.85. The molecule has 1 saturated heterocycles. The van der Waals surface area contributed by atoms with E-state index in [1.54, 1.807) is 0 Å². The van der Waals surface area contributed by atoms with E-state index in [2.05, 4.69) is 22.3 Å². The predicted octanol–water partition coefficient (Wildman–Crippen LogP) is 1.56. The first-order valence-corrected chi connectivity index (χ1v) is 8.98. The molecule has 0 bridgehead atoms. The van der Waals surface area contributed by atoms with Crippen LogP contribution in [-0.2, 0) is 23.9 Å². The lowest BCUT2D eigenvalue weighted by Gasteiger charge is -2.25. The van der Waals surface area contributed by atoms with Gasteiger partial charge in [0.15, 0.2) is 0 Å². The maximum atomic E-state index is 11.3. The molecule has 3 nitrogen and oxygen atoms in total. The van der Waals surface area contributed by atoms with Crippen LogP contribution in [0.3, 0.4) is 0 Å². The van der Waals surface area contributed by atoms with E-state index in [1.807, 2.05) is 11.3 Å². The summed E-state index contributed by atoms with van der Waals surface area (Å²) in [6.45, 7) is 4.03. The van der Waals surface area contributed by atoms with E-state index < -0.39 is 10.8 Å². The summed E-state index contributed by atoms with van der Waals surface area (Å²) >= 11 is 1.92. The van der Waals surface area contributed by atoms with Crippen LogP contribution in [0.25, 0.3) is 0 Å². The van der Waals surface area contributed by atoms with Crippen LogP contribution in [-0.4, -0.2) is 39.7 Å². The molecule has 18 heavy (non-hydrogen) atoms. The van der Waals surface area contributed by atoms with Gasteiger partial charge in [0.1, 0.15) is 0 Å². The maximum Gasteiger partial charge on any atom is 0.0363 e. The van der Waals surface area contributed by atoms with Crippen molar-refractivity contribution in [2.24, 2.45) is 0 Å². The molecule has 1 N–H and O–H groups in total. The van der Waals surface area contributed by atoms with E-state index in [1.165, 1.54) is 22.6 Å². The summed E-state index contributed by atoms with van der Waals surface area (Å²) in [5, 5.41) is 3.55. The van der Waals surface area contributed by atoms with Gasteiger partial charge in [-0.2, -0.15) is 0 Å². The molecule has 1 aliphatic carbocycles. The quantitative estimate of drug-likeness (QED) is 0.891. The molecule has 3 rings (SSSR count). The van der Waals surface area contributed by atoms with Gasteiger partial charge in [-0.15, -0.1) is 11.3 Å². The van der Waals surface area contributed by atoms with E-state index in [9.17, 15) is 4.21 Å². The molecule has 2 fully saturated rings. The first kappa shape index (κ1) is 12.8. The lowest BCUT2D eigenvalue weighted by Crippen LogP contribution is -2.36. The Labute approximate surface area is 115 Å². The van der Waals surface area contributed by atoms with Gasteiger partial charge in [0.05, 0.1) is 0 Å². The van der Waals surface area contributed by atoms with Crippen molar-refractivity contribution in [3.8, 4) is 0 Å². The molecule has 2 heterocycles. The van der Waals surface area contributed by atoms with Gasteiger partial charge in [-0.3, -0.25) is 9.11 Å². The molecule has 5 heteroatoms. The molecular formula is C13H20N2OS2. The second-order valence-electron chi connectivity index (χ2n) is 5.15. The molecule has 0 unspecified atom stereocenters. The van der Waals surface area contributed by atoms with Crippen molar-refractivity contribution in [2.75, 3.05) is 24.6 Å². The van der Waals surface area contributed by atoms with E-state index in [0.29, 0.717) is 0 Å². The van der Waals surface area contributed by atoms with E-state index in [4.69, 9.17) is 0 Å². The third-order valence-electron chi connectivity index (χ3n) is 3.51. The summed E-state index contributed by atoms with van der Waals surface area (Å²) < 4.78 is 11.3. The van der Waals surface area contributed by atoms with Gasteiger partial charge in [-0.05, 0) is 25.0 Å². The Hall–Kier alpha value is -0.230. The van der Waals surface area contributed by atoms with Crippen LogP contribution in [0.1, 0.15) is 22.6 Å². The molecule has 1 aromatic rings. The van der Waals surface area contributed by atoms with Crippen LogP contribution in [0.15, 0.2) is 12.1 Å². The van der Waals surface area contributed by atoms with E-state index in [0.717, 1.165) is 43.7 Å². The molecule has 2 aliphatic rings. The first-order valence-electron chi connectivity index (χ1n) is 6.68. The van der Waals surface area contributed by atoms with Crippen molar-refractivity contribution in [3.05, 3.63) is 21.9 Å². The highest BCUT2D eigenvalue weighted by atomic mass is 32.2. The Morgan fingerprint density at radius 2 is 2.00 bits per heavy atom. The summed E-state index contributed by atoms with van der Waals surface area (Å²) in [5.74, 6) is 1.70. The molecule has 100 valence electrons. The minimum Gasteiger partial charge on any atom is -0.309 e. The summed E-state index contributed by atoms with van der Waals surface area (Å²) in [4.78, 5) is 5.30. The Balaban J connectivity index is 1.48. The van der Waals surface area contributed by atoms with Crippen molar-refractivity contribution in [2.45, 2.75) is 32.0 Å². The zero-order valence-electron chi connectivity index (χ0n) is 10.6. The first-order chi connectivity index (χ1) is 8.79. The molecule has 0 aromatic carbocycles. The molecular weight excluding hydrogens is 264 g/mol. The zero-order valence-corrected chi connectivity index (χ0v) is 12.2. The van der Waals surface area contributed by atoms with Gasteiger partial charge in [0.2, 0.25) is 0 Å². The summed E-state index contributed by atoms with van der Waals surface area (Å²) in [6.07, 6.45) is 2.70. The van der Waals surface area contributed by atoms with Gasteiger partial charge in [-0.25, -0.2) is 0 Å². The lowest BCUT2D eigenvalue weighted by molar-refractivity contribution is 0.294. The number of hydrogen-bond donors (Lipinski definition) is 1.